The minimum absolute atomic E-state index is 0.0144. The van der Waals surface area contributed by atoms with Crippen molar-refractivity contribution in [3.8, 4) is 11.3 Å². The number of ether oxygens (including phenoxy) is 1. The van der Waals surface area contributed by atoms with Gasteiger partial charge in [-0.25, -0.2) is 9.97 Å². The first kappa shape index (κ1) is 22.2. The molecule has 1 unspecified atom stereocenters. The molecule has 1 saturated carbocycles. The topological polar surface area (TPSA) is 92.6 Å². The van der Waals surface area contributed by atoms with Gasteiger partial charge in [0.1, 0.15) is 0 Å². The average Bonchev–Trinajstić information content (AvgIpc) is 3.35. The number of benzene rings is 1. The lowest BCUT2D eigenvalue weighted by Crippen LogP contribution is -2.26. The summed E-state index contributed by atoms with van der Waals surface area (Å²) in [5.41, 5.74) is 6.67. The van der Waals surface area contributed by atoms with Gasteiger partial charge in [-0.2, -0.15) is 0 Å². The van der Waals surface area contributed by atoms with Crippen LogP contribution in [0, 0.1) is 12.8 Å². The van der Waals surface area contributed by atoms with Gasteiger partial charge in [-0.05, 0) is 74.9 Å². The van der Waals surface area contributed by atoms with Crippen LogP contribution in [-0.2, 0) is 4.74 Å². The quantitative estimate of drug-likeness (QED) is 0.488. The summed E-state index contributed by atoms with van der Waals surface area (Å²) in [7, 11) is 0. The first-order chi connectivity index (χ1) is 17.2. The first-order valence-corrected chi connectivity index (χ1v) is 12.7. The number of carbonyl (C=O) groups is 1. The molecule has 0 spiro atoms. The molecule has 8 heteroatoms. The van der Waals surface area contributed by atoms with Crippen molar-refractivity contribution >= 4 is 22.9 Å². The van der Waals surface area contributed by atoms with Crippen LogP contribution in [0.15, 0.2) is 36.7 Å². The molecule has 1 amide bonds. The third kappa shape index (κ3) is 4.68. The maximum atomic E-state index is 12.6. The van der Waals surface area contributed by atoms with E-state index in [0.717, 1.165) is 78.4 Å². The van der Waals surface area contributed by atoms with E-state index in [2.05, 4.69) is 38.7 Å². The van der Waals surface area contributed by atoms with Crippen LogP contribution in [0.3, 0.4) is 0 Å². The summed E-state index contributed by atoms with van der Waals surface area (Å²) in [6, 6.07) is 6.37. The highest BCUT2D eigenvalue weighted by Gasteiger charge is 2.25. The zero-order valence-corrected chi connectivity index (χ0v) is 20.1. The second kappa shape index (κ2) is 9.43. The van der Waals surface area contributed by atoms with Gasteiger partial charge in [0.05, 0.1) is 30.8 Å². The molecule has 3 aliphatic rings. The lowest BCUT2D eigenvalue weighted by Gasteiger charge is -2.17. The zero-order chi connectivity index (χ0) is 23.8. The van der Waals surface area contributed by atoms with Gasteiger partial charge in [0.15, 0.2) is 11.5 Å². The summed E-state index contributed by atoms with van der Waals surface area (Å²) in [6.07, 6.45) is 10.3. The van der Waals surface area contributed by atoms with Crippen LogP contribution < -0.4 is 16.0 Å². The molecule has 3 aromatic rings. The molecule has 1 atom stereocenters. The molecule has 182 valence electrons. The van der Waals surface area contributed by atoms with Crippen molar-refractivity contribution in [2.45, 2.75) is 38.6 Å². The molecule has 0 radical (unpaired) electrons. The van der Waals surface area contributed by atoms with Gasteiger partial charge in [-0.3, -0.25) is 9.20 Å². The van der Waals surface area contributed by atoms with Gasteiger partial charge in [0.25, 0.3) is 5.91 Å². The highest BCUT2D eigenvalue weighted by atomic mass is 16.5. The Hall–Kier alpha value is -3.23. The molecule has 35 heavy (non-hydrogen) atoms. The summed E-state index contributed by atoms with van der Waals surface area (Å²) < 4.78 is 7.66. The van der Waals surface area contributed by atoms with Gasteiger partial charge in [0.2, 0.25) is 0 Å². The van der Waals surface area contributed by atoms with Gasteiger partial charge in [-0.1, -0.05) is 12.1 Å². The Labute approximate surface area is 205 Å². The molecule has 3 N–H and O–H groups in total. The monoisotopic (exact) mass is 472 g/mol. The van der Waals surface area contributed by atoms with E-state index in [4.69, 9.17) is 14.7 Å². The minimum atomic E-state index is 0.0144. The highest BCUT2D eigenvalue weighted by molar-refractivity contribution is 5.96. The fraction of sp³-hybridized carbons (Fsp3) is 0.444. The van der Waals surface area contributed by atoms with Crippen molar-refractivity contribution < 1.29 is 9.53 Å². The smallest absolute Gasteiger partial charge is 0.251 e. The fourth-order valence-corrected chi connectivity index (χ4v) is 4.93. The standard InChI is InChI=1S/C27H32N6O2/c1-17-12-20(2-5-22(17)27(34)31-21-3-4-21)24-15-30-26-25(29-14-18-6-9-28-13-18)32-23(16-33(24)26)19-7-10-35-11-8-19/h2,5,7,12,15-16,18,21,28H,3-4,6,8-11,13-14H2,1H3,(H,29,32)(H,31,34). The van der Waals surface area contributed by atoms with Crippen molar-refractivity contribution in [1.29, 1.82) is 0 Å². The number of fused-ring (bicyclic) bond motifs is 1. The number of carbonyl (C=O) groups excluding carboxylic acids is 1. The van der Waals surface area contributed by atoms with E-state index >= 15 is 0 Å². The Kier molecular flexibility index (Phi) is 6.00. The molecule has 4 heterocycles. The SMILES string of the molecule is Cc1cc(-c2cnc3c(NCC4CCNC4)nc(C4=CCOCC4)cn23)ccc1C(=O)NC1CC1. The van der Waals surface area contributed by atoms with E-state index in [1.807, 2.05) is 25.3 Å². The predicted octanol–water partition coefficient (Wildman–Crippen LogP) is 3.42. The number of anilines is 1. The van der Waals surface area contributed by atoms with Crippen LogP contribution in [0.1, 0.15) is 47.3 Å². The number of nitrogens with zero attached hydrogens (tertiary/aromatic N) is 3. The van der Waals surface area contributed by atoms with Gasteiger partial charge in [-0.15, -0.1) is 0 Å². The maximum absolute atomic E-state index is 12.6. The lowest BCUT2D eigenvalue weighted by atomic mass is 10.0. The third-order valence-corrected chi connectivity index (χ3v) is 7.18. The van der Waals surface area contributed by atoms with E-state index in [0.29, 0.717) is 25.2 Å². The van der Waals surface area contributed by atoms with Crippen LogP contribution in [0.4, 0.5) is 5.82 Å². The number of hydrogen-bond donors (Lipinski definition) is 3. The van der Waals surface area contributed by atoms with Crippen molar-refractivity contribution in [3.63, 3.8) is 0 Å². The zero-order valence-electron chi connectivity index (χ0n) is 20.1. The average molecular weight is 473 g/mol. The molecular weight excluding hydrogens is 440 g/mol. The van der Waals surface area contributed by atoms with Crippen LogP contribution in [0.5, 0.6) is 0 Å². The van der Waals surface area contributed by atoms with Crippen molar-refractivity contribution in [3.05, 3.63) is 53.5 Å². The summed E-state index contributed by atoms with van der Waals surface area (Å²) in [5.74, 6) is 1.42. The summed E-state index contributed by atoms with van der Waals surface area (Å²) in [6.45, 7) is 6.30. The van der Waals surface area contributed by atoms with Crippen LogP contribution in [-0.4, -0.2) is 59.2 Å². The van der Waals surface area contributed by atoms with Crippen LogP contribution in [0.25, 0.3) is 22.5 Å². The Morgan fingerprint density at radius 2 is 2.20 bits per heavy atom. The number of nitrogens with one attached hydrogen (secondary N) is 3. The van der Waals surface area contributed by atoms with Crippen LogP contribution >= 0.6 is 0 Å². The number of imidazole rings is 1. The second-order valence-electron chi connectivity index (χ2n) is 9.88. The molecule has 2 fully saturated rings. The number of amides is 1. The number of aryl methyl sites for hydroxylation is 1. The molecule has 1 aliphatic carbocycles. The van der Waals surface area contributed by atoms with E-state index in [-0.39, 0.29) is 5.91 Å². The highest BCUT2D eigenvalue weighted by Crippen LogP contribution is 2.29. The summed E-state index contributed by atoms with van der Waals surface area (Å²) >= 11 is 0. The number of hydrogen-bond acceptors (Lipinski definition) is 6. The Morgan fingerprint density at radius 3 is 2.94 bits per heavy atom. The number of rotatable bonds is 7. The van der Waals surface area contributed by atoms with Crippen molar-refractivity contribution in [1.82, 2.24) is 25.0 Å². The molecular formula is C27H32N6O2. The van der Waals surface area contributed by atoms with Crippen molar-refractivity contribution in [2.75, 3.05) is 38.2 Å². The Balaban J connectivity index is 1.37. The molecule has 6 rings (SSSR count). The normalized spacial score (nSPS) is 20.1. The number of aromatic nitrogens is 3. The molecule has 2 aliphatic heterocycles. The Bertz CT molecular complexity index is 1290. The van der Waals surface area contributed by atoms with Crippen LogP contribution in [0.2, 0.25) is 0 Å². The minimum Gasteiger partial charge on any atom is -0.377 e. The first-order valence-electron chi connectivity index (χ1n) is 12.7. The Morgan fingerprint density at radius 1 is 1.29 bits per heavy atom. The fourth-order valence-electron chi connectivity index (χ4n) is 4.93. The summed E-state index contributed by atoms with van der Waals surface area (Å²) in [5, 5.41) is 10.1. The molecule has 1 aromatic carbocycles. The second-order valence-corrected chi connectivity index (χ2v) is 9.88. The predicted molar refractivity (Wildman–Crippen MR) is 137 cm³/mol. The molecule has 1 saturated heterocycles. The third-order valence-electron chi connectivity index (χ3n) is 7.18. The van der Waals surface area contributed by atoms with E-state index in [1.54, 1.807) is 0 Å². The van der Waals surface area contributed by atoms with Gasteiger partial charge >= 0.3 is 0 Å². The summed E-state index contributed by atoms with van der Waals surface area (Å²) in [4.78, 5) is 22.4. The molecule has 2 aromatic heterocycles. The largest absolute Gasteiger partial charge is 0.377 e. The molecule has 0 bridgehead atoms. The van der Waals surface area contributed by atoms with E-state index in [9.17, 15) is 4.79 Å². The maximum Gasteiger partial charge on any atom is 0.251 e. The molecule has 8 nitrogen and oxygen atoms in total. The van der Waals surface area contributed by atoms with Gasteiger partial charge < -0.3 is 20.7 Å². The van der Waals surface area contributed by atoms with E-state index in [1.165, 1.54) is 12.0 Å². The van der Waals surface area contributed by atoms with Gasteiger partial charge in [0, 0.05) is 29.9 Å². The lowest BCUT2D eigenvalue weighted by molar-refractivity contribution is 0.0950. The van der Waals surface area contributed by atoms with E-state index < -0.39 is 0 Å². The van der Waals surface area contributed by atoms with Crippen molar-refractivity contribution in [2.24, 2.45) is 5.92 Å².